The van der Waals surface area contributed by atoms with Crippen LogP contribution in [0.25, 0.3) is 0 Å². The summed E-state index contributed by atoms with van der Waals surface area (Å²) in [5.41, 5.74) is 1.07. The molecule has 1 heteroatoms. The number of hydrogen-bond donors (Lipinski definition) is 0. The van der Waals surface area contributed by atoms with Crippen LogP contribution in [0.2, 0.25) is 0 Å². The van der Waals surface area contributed by atoms with Gasteiger partial charge in [0, 0.05) is 0 Å². The fraction of sp³-hybridized carbons (Fsp3) is 0. The van der Waals surface area contributed by atoms with Gasteiger partial charge in [0.05, 0.1) is 0 Å². The molecule has 0 aliphatic heterocycles. The second-order valence-electron chi connectivity index (χ2n) is 1.49. The van der Waals surface area contributed by atoms with Gasteiger partial charge in [-0.15, -0.1) is 12.1 Å². The summed E-state index contributed by atoms with van der Waals surface area (Å²) in [4.78, 5) is 0. The van der Waals surface area contributed by atoms with Crippen LogP contribution < -0.4 is 0 Å². The maximum atomic E-state index is 3.72. The molecule has 0 unspecified atom stereocenters. The number of hydrogen-bond acceptors (Lipinski definition) is 0. The van der Waals surface area contributed by atoms with Crippen LogP contribution in [0, 0.1) is 14.4 Å². The van der Waals surface area contributed by atoms with Gasteiger partial charge in [0.15, 0.2) is 0 Å². The van der Waals surface area contributed by atoms with Crippen LogP contribution in [-0.4, -0.2) is 0 Å². The maximum Gasteiger partial charge on any atom is 2.00 e. The Hall–Kier alpha value is -0.222. The average molecular weight is 202 g/mol. The maximum absolute atomic E-state index is 3.72. The van der Waals surface area contributed by atoms with Gasteiger partial charge in [-0.3, -0.25) is 0 Å². The Bertz CT molecular complexity index is 134. The smallest absolute Gasteiger partial charge is 0.358 e. The summed E-state index contributed by atoms with van der Waals surface area (Å²) in [5.74, 6) is 0. The first kappa shape index (κ1) is 11.6. The van der Waals surface area contributed by atoms with Gasteiger partial charge >= 0.3 is 21.1 Å². The molecule has 0 fully saturated rings. The SMILES string of the molecule is [CH2-]c1ccccc1.[CH3-].[Mo+2]. The zero-order valence-electron chi connectivity index (χ0n) is 5.50. The third-order valence-electron chi connectivity index (χ3n) is 0.843. The Balaban J connectivity index is 0. The van der Waals surface area contributed by atoms with Crippen LogP contribution >= 0.6 is 0 Å². The largest absolute Gasteiger partial charge is 2.00 e. The normalized spacial score (nSPS) is 6.67. The number of rotatable bonds is 0. The first-order chi connectivity index (χ1) is 3.39. The zero-order valence-corrected chi connectivity index (χ0v) is 7.51. The molecule has 0 N–H and O–H groups in total. The summed E-state index contributed by atoms with van der Waals surface area (Å²) in [6.07, 6.45) is 0. The first-order valence-corrected chi connectivity index (χ1v) is 2.26. The van der Waals surface area contributed by atoms with Crippen molar-refractivity contribution in [3.8, 4) is 0 Å². The molecule has 48 valence electrons. The summed E-state index contributed by atoms with van der Waals surface area (Å²) in [7, 11) is 0. The Morgan fingerprint density at radius 2 is 1.44 bits per heavy atom. The molecule has 0 bridgehead atoms. The predicted molar refractivity (Wildman–Crippen MR) is 37.3 cm³/mol. The van der Waals surface area contributed by atoms with E-state index in [1.807, 2.05) is 30.3 Å². The van der Waals surface area contributed by atoms with E-state index in [4.69, 9.17) is 0 Å². The molecular formula is C8H10Mo. The molecule has 0 saturated heterocycles. The monoisotopic (exact) mass is 204 g/mol. The predicted octanol–water partition coefficient (Wildman–Crippen LogP) is 2.32. The van der Waals surface area contributed by atoms with Crippen molar-refractivity contribution in [3.05, 3.63) is 50.2 Å². The van der Waals surface area contributed by atoms with Crippen LogP contribution in [0.3, 0.4) is 0 Å². The second kappa shape index (κ2) is 5.91. The van der Waals surface area contributed by atoms with Crippen molar-refractivity contribution < 1.29 is 21.1 Å². The summed E-state index contributed by atoms with van der Waals surface area (Å²) in [5, 5.41) is 0. The molecule has 1 rings (SSSR count). The van der Waals surface area contributed by atoms with E-state index in [9.17, 15) is 0 Å². The van der Waals surface area contributed by atoms with Crippen LogP contribution in [-0.2, 0) is 21.1 Å². The third kappa shape index (κ3) is 4.29. The Labute approximate surface area is 71.6 Å². The number of benzene rings is 1. The van der Waals surface area contributed by atoms with E-state index in [1.54, 1.807) is 0 Å². The van der Waals surface area contributed by atoms with Crippen molar-refractivity contribution in [2.75, 3.05) is 0 Å². The van der Waals surface area contributed by atoms with E-state index in [0.717, 1.165) is 5.56 Å². The molecule has 0 aromatic heterocycles. The van der Waals surface area contributed by atoms with Gasteiger partial charge in [-0.05, 0) is 0 Å². The fourth-order valence-corrected chi connectivity index (χ4v) is 0.478. The molecule has 0 saturated carbocycles. The van der Waals surface area contributed by atoms with Crippen molar-refractivity contribution in [2.45, 2.75) is 0 Å². The minimum Gasteiger partial charge on any atom is -0.358 e. The van der Waals surface area contributed by atoms with Crippen molar-refractivity contribution in [3.63, 3.8) is 0 Å². The van der Waals surface area contributed by atoms with Gasteiger partial charge < -0.3 is 7.43 Å². The standard InChI is InChI=1S/C7H7.CH3.Mo/c1-7-5-3-2-4-6-7;;/h2-6H,1H2;1H3;/q2*-1;+2. The Morgan fingerprint density at radius 3 is 1.67 bits per heavy atom. The van der Waals surface area contributed by atoms with E-state index in [0.29, 0.717) is 0 Å². The third-order valence-corrected chi connectivity index (χ3v) is 0.843. The van der Waals surface area contributed by atoms with Gasteiger partial charge in [0.25, 0.3) is 0 Å². The van der Waals surface area contributed by atoms with Crippen molar-refractivity contribution in [2.24, 2.45) is 0 Å². The van der Waals surface area contributed by atoms with Crippen LogP contribution in [0.4, 0.5) is 0 Å². The molecule has 0 aliphatic carbocycles. The first-order valence-electron chi connectivity index (χ1n) is 2.26. The summed E-state index contributed by atoms with van der Waals surface area (Å²) in [6, 6.07) is 9.87. The fourth-order valence-electron chi connectivity index (χ4n) is 0.478. The second-order valence-corrected chi connectivity index (χ2v) is 1.49. The molecule has 0 radical (unpaired) electrons. The van der Waals surface area contributed by atoms with E-state index in [-0.39, 0.29) is 28.5 Å². The molecule has 0 amide bonds. The average Bonchev–Trinajstić information content (AvgIpc) is 1.69. The summed E-state index contributed by atoms with van der Waals surface area (Å²) in [6.45, 7) is 3.72. The molecule has 1 aromatic carbocycles. The molecule has 0 atom stereocenters. The summed E-state index contributed by atoms with van der Waals surface area (Å²) < 4.78 is 0. The molecule has 1 aromatic rings. The van der Waals surface area contributed by atoms with E-state index < -0.39 is 0 Å². The van der Waals surface area contributed by atoms with E-state index in [1.165, 1.54) is 0 Å². The van der Waals surface area contributed by atoms with Gasteiger partial charge in [0.1, 0.15) is 0 Å². The van der Waals surface area contributed by atoms with Gasteiger partial charge in [-0.25, -0.2) is 0 Å². The van der Waals surface area contributed by atoms with Gasteiger partial charge in [-0.1, -0.05) is 6.07 Å². The molecule has 0 nitrogen and oxygen atoms in total. The molecular weight excluding hydrogens is 192 g/mol. The van der Waals surface area contributed by atoms with E-state index >= 15 is 0 Å². The van der Waals surface area contributed by atoms with Gasteiger partial charge in [0.2, 0.25) is 0 Å². The van der Waals surface area contributed by atoms with Crippen molar-refractivity contribution >= 4 is 0 Å². The zero-order chi connectivity index (χ0) is 5.11. The van der Waals surface area contributed by atoms with Crippen LogP contribution in [0.1, 0.15) is 5.56 Å². The van der Waals surface area contributed by atoms with Crippen LogP contribution in [0.5, 0.6) is 0 Å². The summed E-state index contributed by atoms with van der Waals surface area (Å²) >= 11 is 0. The molecule has 0 aliphatic rings. The minimum atomic E-state index is 0. The Kier molecular flexibility index (Phi) is 7.59. The van der Waals surface area contributed by atoms with Gasteiger partial charge in [-0.2, -0.15) is 24.6 Å². The quantitative estimate of drug-likeness (QED) is 0.447. The van der Waals surface area contributed by atoms with Crippen molar-refractivity contribution in [1.82, 2.24) is 0 Å². The molecule has 9 heavy (non-hydrogen) atoms. The molecule has 0 spiro atoms. The van der Waals surface area contributed by atoms with Crippen LogP contribution in [0.15, 0.2) is 30.3 Å². The van der Waals surface area contributed by atoms with E-state index in [2.05, 4.69) is 6.92 Å². The van der Waals surface area contributed by atoms with Crippen molar-refractivity contribution in [1.29, 1.82) is 0 Å². The Morgan fingerprint density at radius 1 is 1.00 bits per heavy atom. The topological polar surface area (TPSA) is 0 Å². The minimum absolute atomic E-state index is 0. The molecule has 0 heterocycles.